The second kappa shape index (κ2) is 19.0. The fourth-order valence-electron chi connectivity index (χ4n) is 4.60. The number of hydrogen-bond donors (Lipinski definition) is 0. The summed E-state index contributed by atoms with van der Waals surface area (Å²) >= 11 is 3.65. The lowest BCUT2D eigenvalue weighted by Gasteiger charge is -2.21. The number of ether oxygens (including phenoxy) is 8. The van der Waals surface area contributed by atoms with Crippen LogP contribution < -0.4 is 4.74 Å². The third-order valence-electron chi connectivity index (χ3n) is 6.65. The average molecular weight is 646 g/mol. The predicted octanol–water partition coefficient (Wildman–Crippen LogP) is 6.07. The minimum Gasteiger partial charge on any atom is -0.496 e. The van der Waals surface area contributed by atoms with E-state index in [1.165, 1.54) is 0 Å². The molecule has 1 aliphatic heterocycles. The molecule has 1 heterocycles. The van der Waals surface area contributed by atoms with Gasteiger partial charge in [-0.1, -0.05) is 76.6 Å². The predicted molar refractivity (Wildman–Crippen MR) is 163 cm³/mol. The van der Waals surface area contributed by atoms with Crippen LogP contribution in [-0.4, -0.2) is 73.2 Å². The zero-order valence-corrected chi connectivity index (χ0v) is 25.8. The third-order valence-corrected chi connectivity index (χ3v) is 7.10. The smallest absolute Gasteiger partial charge is 0.129 e. The average Bonchev–Trinajstić information content (AvgIpc) is 3.01. The van der Waals surface area contributed by atoms with E-state index in [9.17, 15) is 0 Å². The van der Waals surface area contributed by atoms with E-state index >= 15 is 0 Å². The second-order valence-corrected chi connectivity index (χ2v) is 10.6. The topological polar surface area (TPSA) is 73.8 Å². The van der Waals surface area contributed by atoms with Gasteiger partial charge in [0.2, 0.25) is 0 Å². The molecule has 3 aromatic carbocycles. The summed E-state index contributed by atoms with van der Waals surface area (Å²) in [6.45, 7) is 5.25. The molecule has 42 heavy (non-hydrogen) atoms. The monoisotopic (exact) mass is 644 g/mol. The van der Waals surface area contributed by atoms with E-state index < -0.39 is 0 Å². The van der Waals surface area contributed by atoms with Gasteiger partial charge in [0.1, 0.15) is 18.0 Å². The van der Waals surface area contributed by atoms with Gasteiger partial charge in [0.05, 0.1) is 86.4 Å². The number of hydrogen-bond acceptors (Lipinski definition) is 8. The van der Waals surface area contributed by atoms with Gasteiger partial charge in [-0.05, 0) is 23.3 Å². The normalized spacial score (nSPS) is 21.2. The summed E-state index contributed by atoms with van der Waals surface area (Å²) in [5.74, 6) is 0.742. The van der Waals surface area contributed by atoms with Gasteiger partial charge >= 0.3 is 0 Å². The molecule has 9 heteroatoms. The van der Waals surface area contributed by atoms with Gasteiger partial charge in [-0.2, -0.15) is 0 Å². The quantitative estimate of drug-likeness (QED) is 0.340. The molecule has 1 unspecified atom stereocenters. The summed E-state index contributed by atoms with van der Waals surface area (Å²) in [6.07, 6.45) is -0.464. The van der Waals surface area contributed by atoms with Crippen LogP contribution in [0, 0.1) is 0 Å². The summed E-state index contributed by atoms with van der Waals surface area (Å²) < 4.78 is 48.5. The van der Waals surface area contributed by atoms with Gasteiger partial charge in [0, 0.05) is 15.6 Å². The molecule has 228 valence electrons. The third kappa shape index (κ3) is 11.1. The molecule has 0 aromatic heterocycles. The first-order valence-electron chi connectivity index (χ1n) is 14.3. The Hall–Kier alpha value is -2.34. The molecule has 2 bridgehead atoms. The van der Waals surface area contributed by atoms with E-state index in [4.69, 9.17) is 37.9 Å². The molecule has 8 nitrogen and oxygen atoms in total. The molecule has 0 spiro atoms. The van der Waals surface area contributed by atoms with Crippen molar-refractivity contribution in [2.24, 2.45) is 0 Å². The molecular weight excluding hydrogens is 604 g/mol. The Balaban J connectivity index is 1.46. The van der Waals surface area contributed by atoms with Crippen LogP contribution in [0.25, 0.3) is 0 Å². The van der Waals surface area contributed by atoms with Gasteiger partial charge in [0.25, 0.3) is 0 Å². The first-order valence-corrected chi connectivity index (χ1v) is 15.1. The standard InChI is InChI=1S/C33H41BrO8/c1-35-33-28-20-30(34)21-29(33)23-40-25-32(27-10-6-3-7-11-27)42-19-17-38-15-13-36-12-14-37-16-18-41-31(24-39-22-28)26-8-4-2-5-9-26/h2-11,20-21,31-32H,12-19,22-25H2,1H3/t31-,32?/m1/s1. The molecule has 0 saturated heterocycles. The Morgan fingerprint density at radius 2 is 0.976 bits per heavy atom. The van der Waals surface area contributed by atoms with E-state index in [-0.39, 0.29) is 12.2 Å². The highest BCUT2D eigenvalue weighted by Crippen LogP contribution is 2.31. The van der Waals surface area contributed by atoms with Crippen LogP contribution in [0.1, 0.15) is 34.5 Å². The van der Waals surface area contributed by atoms with Crippen LogP contribution in [-0.2, 0) is 46.4 Å². The van der Waals surface area contributed by atoms with Crippen molar-refractivity contribution in [3.05, 3.63) is 99.5 Å². The minimum absolute atomic E-state index is 0.232. The van der Waals surface area contributed by atoms with Gasteiger partial charge in [0.15, 0.2) is 0 Å². The van der Waals surface area contributed by atoms with Gasteiger partial charge in [-0.25, -0.2) is 0 Å². The number of halogens is 1. The van der Waals surface area contributed by atoms with E-state index in [1.807, 2.05) is 72.8 Å². The number of fused-ring (bicyclic) bond motifs is 2. The number of benzene rings is 3. The molecule has 0 fully saturated rings. The van der Waals surface area contributed by atoms with E-state index in [1.54, 1.807) is 7.11 Å². The minimum atomic E-state index is -0.232. The Labute approximate surface area is 257 Å². The SMILES string of the molecule is COc1c2cc(Br)cc1COC[C@H](c1ccccc1)OCCOCCOCCOCCOC(c1ccccc1)COC2. The van der Waals surface area contributed by atoms with Crippen molar-refractivity contribution < 1.29 is 37.9 Å². The summed E-state index contributed by atoms with van der Waals surface area (Å²) in [4.78, 5) is 0. The highest BCUT2D eigenvalue weighted by atomic mass is 79.9. The van der Waals surface area contributed by atoms with Crippen molar-refractivity contribution in [3.8, 4) is 5.75 Å². The van der Waals surface area contributed by atoms with Gasteiger partial charge in [-0.3, -0.25) is 0 Å². The van der Waals surface area contributed by atoms with Gasteiger partial charge < -0.3 is 37.9 Å². The van der Waals surface area contributed by atoms with Crippen molar-refractivity contribution in [3.63, 3.8) is 0 Å². The molecule has 4 rings (SSSR count). The highest BCUT2D eigenvalue weighted by molar-refractivity contribution is 9.10. The number of rotatable bonds is 3. The van der Waals surface area contributed by atoms with Crippen LogP contribution in [0.3, 0.4) is 0 Å². The first kappa shape index (κ1) is 32.6. The van der Waals surface area contributed by atoms with E-state index in [0.29, 0.717) is 79.3 Å². The molecular formula is C33H41BrO8. The zero-order valence-electron chi connectivity index (χ0n) is 24.2. The highest BCUT2D eigenvalue weighted by Gasteiger charge is 2.17. The lowest BCUT2D eigenvalue weighted by atomic mass is 10.1. The van der Waals surface area contributed by atoms with Crippen LogP contribution in [0.4, 0.5) is 0 Å². The molecule has 0 N–H and O–H groups in total. The molecule has 0 radical (unpaired) electrons. The molecule has 3 aromatic rings. The maximum atomic E-state index is 6.19. The first-order chi connectivity index (χ1) is 20.7. The zero-order chi connectivity index (χ0) is 29.2. The lowest BCUT2D eigenvalue weighted by molar-refractivity contribution is -0.0571. The van der Waals surface area contributed by atoms with E-state index in [2.05, 4.69) is 15.9 Å². The van der Waals surface area contributed by atoms with Crippen molar-refractivity contribution in [2.75, 3.05) is 73.2 Å². The molecule has 0 amide bonds. The van der Waals surface area contributed by atoms with Crippen molar-refractivity contribution in [1.82, 2.24) is 0 Å². The molecule has 2 atom stereocenters. The molecule has 0 saturated carbocycles. The molecule has 1 aliphatic rings. The Kier molecular flexibility index (Phi) is 14.8. The van der Waals surface area contributed by atoms with Crippen LogP contribution >= 0.6 is 15.9 Å². The summed E-state index contributed by atoms with van der Waals surface area (Å²) in [6, 6.07) is 24.2. The fraction of sp³-hybridized carbons (Fsp3) is 0.455. The Morgan fingerprint density at radius 1 is 0.571 bits per heavy atom. The molecule has 0 aliphatic carbocycles. The van der Waals surface area contributed by atoms with Crippen molar-refractivity contribution in [2.45, 2.75) is 25.4 Å². The van der Waals surface area contributed by atoms with E-state index in [0.717, 1.165) is 32.5 Å². The maximum Gasteiger partial charge on any atom is 0.129 e. The van der Waals surface area contributed by atoms with Crippen molar-refractivity contribution >= 4 is 15.9 Å². The largest absolute Gasteiger partial charge is 0.496 e. The van der Waals surface area contributed by atoms with Crippen molar-refractivity contribution in [1.29, 1.82) is 0 Å². The Bertz CT molecular complexity index is 1060. The lowest BCUT2D eigenvalue weighted by Crippen LogP contribution is -2.18. The van der Waals surface area contributed by atoms with Crippen LogP contribution in [0.15, 0.2) is 77.3 Å². The Morgan fingerprint density at radius 3 is 1.38 bits per heavy atom. The van der Waals surface area contributed by atoms with Gasteiger partial charge in [-0.15, -0.1) is 0 Å². The number of methoxy groups -OCH3 is 1. The summed E-state index contributed by atoms with van der Waals surface area (Å²) in [7, 11) is 1.67. The fourth-order valence-corrected chi connectivity index (χ4v) is 5.15. The maximum absolute atomic E-state index is 6.19. The second-order valence-electron chi connectivity index (χ2n) is 9.66. The summed E-state index contributed by atoms with van der Waals surface area (Å²) in [5, 5.41) is 0. The van der Waals surface area contributed by atoms with Crippen LogP contribution in [0.5, 0.6) is 5.75 Å². The van der Waals surface area contributed by atoms with Crippen LogP contribution in [0.2, 0.25) is 0 Å². The summed E-state index contributed by atoms with van der Waals surface area (Å²) in [5.41, 5.74) is 3.94.